The number of oxime groups is 1. The van der Waals surface area contributed by atoms with E-state index in [-0.39, 0.29) is 11.1 Å². The molecule has 4 N–H and O–H groups in total. The fourth-order valence-electron chi connectivity index (χ4n) is 1.24. The van der Waals surface area contributed by atoms with Crippen LogP contribution in [0.2, 0.25) is 0 Å². The molecule has 0 amide bonds. The molecular formula is C12H17FN2O2S. The van der Waals surface area contributed by atoms with E-state index in [1.807, 2.05) is 6.92 Å². The number of hydrogen-bond donors (Lipinski definition) is 3. The van der Waals surface area contributed by atoms with Gasteiger partial charge in [0.2, 0.25) is 0 Å². The molecule has 4 nitrogen and oxygen atoms in total. The molecule has 0 aliphatic rings. The number of aliphatic hydroxyl groups is 1. The summed E-state index contributed by atoms with van der Waals surface area (Å²) in [7, 11) is 0. The van der Waals surface area contributed by atoms with Crippen LogP contribution in [0.1, 0.15) is 25.0 Å². The van der Waals surface area contributed by atoms with E-state index in [0.717, 1.165) is 0 Å². The van der Waals surface area contributed by atoms with Gasteiger partial charge < -0.3 is 16.0 Å². The van der Waals surface area contributed by atoms with Crippen LogP contribution in [0.15, 0.2) is 23.4 Å². The lowest BCUT2D eigenvalue weighted by molar-refractivity contribution is 0.196. The molecule has 0 bridgehead atoms. The van der Waals surface area contributed by atoms with Gasteiger partial charge in [0.25, 0.3) is 0 Å². The second kappa shape index (κ2) is 6.61. The molecule has 100 valence electrons. The van der Waals surface area contributed by atoms with Gasteiger partial charge in [0, 0.05) is 16.6 Å². The summed E-state index contributed by atoms with van der Waals surface area (Å²) in [6.45, 7) is 3.59. The molecule has 0 saturated carbocycles. The van der Waals surface area contributed by atoms with Gasteiger partial charge in [0.1, 0.15) is 5.82 Å². The molecular weight excluding hydrogens is 255 g/mol. The number of benzene rings is 1. The van der Waals surface area contributed by atoms with Crippen molar-refractivity contribution in [3.63, 3.8) is 0 Å². The summed E-state index contributed by atoms with van der Waals surface area (Å²) in [5.74, 6) is -0.0520. The fourth-order valence-corrected chi connectivity index (χ4v) is 2.20. The van der Waals surface area contributed by atoms with Gasteiger partial charge in [-0.25, -0.2) is 4.39 Å². The largest absolute Gasteiger partial charge is 0.409 e. The Bertz CT molecular complexity index is 438. The van der Waals surface area contributed by atoms with Gasteiger partial charge in [-0.1, -0.05) is 24.2 Å². The van der Waals surface area contributed by atoms with Gasteiger partial charge in [0.15, 0.2) is 5.84 Å². The Labute approximate surface area is 110 Å². The summed E-state index contributed by atoms with van der Waals surface area (Å²) in [5, 5.41) is 20.7. The molecule has 0 aliphatic heterocycles. The van der Waals surface area contributed by atoms with Gasteiger partial charge in [-0.3, -0.25) is 0 Å². The minimum absolute atomic E-state index is 0.0353. The Balaban J connectivity index is 2.74. The van der Waals surface area contributed by atoms with Crippen molar-refractivity contribution in [1.29, 1.82) is 0 Å². The Hall–Kier alpha value is -1.27. The van der Waals surface area contributed by atoms with Gasteiger partial charge >= 0.3 is 0 Å². The van der Waals surface area contributed by atoms with Gasteiger partial charge in [-0.05, 0) is 18.6 Å². The highest BCUT2D eigenvalue weighted by Gasteiger charge is 2.12. The second-order valence-electron chi connectivity index (χ2n) is 4.05. The van der Waals surface area contributed by atoms with Crippen molar-refractivity contribution in [2.45, 2.75) is 31.0 Å². The first kappa shape index (κ1) is 14.8. The maximum Gasteiger partial charge on any atom is 0.170 e. The van der Waals surface area contributed by atoms with Crippen LogP contribution in [0.3, 0.4) is 0 Å². The Kier molecular flexibility index (Phi) is 5.43. The van der Waals surface area contributed by atoms with E-state index in [2.05, 4.69) is 5.16 Å². The number of halogens is 1. The van der Waals surface area contributed by atoms with E-state index >= 15 is 0 Å². The molecule has 1 rings (SSSR count). The maximum atomic E-state index is 13.7. The van der Waals surface area contributed by atoms with E-state index in [1.54, 1.807) is 19.1 Å². The molecule has 1 aromatic carbocycles. The molecule has 0 fully saturated rings. The molecule has 2 atom stereocenters. The van der Waals surface area contributed by atoms with Crippen LogP contribution in [-0.4, -0.2) is 27.5 Å². The molecule has 2 unspecified atom stereocenters. The Morgan fingerprint density at radius 2 is 2.17 bits per heavy atom. The highest BCUT2D eigenvalue weighted by atomic mass is 32.2. The number of thioether (sulfide) groups is 1. The van der Waals surface area contributed by atoms with Gasteiger partial charge in [0.05, 0.1) is 6.10 Å². The van der Waals surface area contributed by atoms with Crippen molar-refractivity contribution < 1.29 is 14.7 Å². The van der Waals surface area contributed by atoms with Crippen molar-refractivity contribution in [2.75, 3.05) is 0 Å². The smallest absolute Gasteiger partial charge is 0.170 e. The van der Waals surface area contributed by atoms with Crippen LogP contribution < -0.4 is 5.73 Å². The molecule has 1 aromatic rings. The Morgan fingerprint density at radius 3 is 2.67 bits per heavy atom. The predicted molar refractivity (Wildman–Crippen MR) is 71.3 cm³/mol. The average Bonchev–Trinajstić information content (AvgIpc) is 2.35. The molecule has 0 radical (unpaired) electrons. The lowest BCUT2D eigenvalue weighted by Crippen LogP contribution is -2.16. The quantitative estimate of drug-likeness (QED) is 0.331. The number of hydrogen-bond acceptors (Lipinski definition) is 4. The summed E-state index contributed by atoms with van der Waals surface area (Å²) >= 11 is 1.47. The molecule has 0 aromatic heterocycles. The van der Waals surface area contributed by atoms with Crippen LogP contribution in [0.4, 0.5) is 4.39 Å². The molecule has 0 spiro atoms. The summed E-state index contributed by atoms with van der Waals surface area (Å²) in [4.78, 5) is 0. The maximum absolute atomic E-state index is 13.7. The molecule has 0 saturated heterocycles. The first-order valence-electron chi connectivity index (χ1n) is 5.51. The van der Waals surface area contributed by atoms with Crippen LogP contribution in [-0.2, 0) is 5.75 Å². The average molecular weight is 272 g/mol. The van der Waals surface area contributed by atoms with Crippen molar-refractivity contribution in [1.82, 2.24) is 0 Å². The van der Waals surface area contributed by atoms with Crippen molar-refractivity contribution in [3.05, 3.63) is 35.1 Å². The summed E-state index contributed by atoms with van der Waals surface area (Å²) in [6, 6.07) is 4.43. The van der Waals surface area contributed by atoms with Gasteiger partial charge in [-0.2, -0.15) is 11.8 Å². The molecule has 0 heterocycles. The number of aliphatic hydroxyl groups excluding tert-OH is 1. The third-order valence-corrected chi connectivity index (χ3v) is 4.03. The number of rotatable bonds is 5. The number of nitrogens with zero attached hydrogens (tertiary/aromatic N) is 1. The molecule has 6 heteroatoms. The van der Waals surface area contributed by atoms with E-state index < -0.39 is 11.9 Å². The van der Waals surface area contributed by atoms with Crippen molar-refractivity contribution in [3.8, 4) is 0 Å². The monoisotopic (exact) mass is 272 g/mol. The first-order chi connectivity index (χ1) is 8.45. The lowest BCUT2D eigenvalue weighted by atomic mass is 10.1. The lowest BCUT2D eigenvalue weighted by Gasteiger charge is -2.14. The van der Waals surface area contributed by atoms with E-state index in [1.165, 1.54) is 17.8 Å². The minimum Gasteiger partial charge on any atom is -0.409 e. The second-order valence-corrected chi connectivity index (χ2v) is 5.41. The zero-order valence-corrected chi connectivity index (χ0v) is 11.1. The third-order valence-electron chi connectivity index (χ3n) is 2.64. The van der Waals surface area contributed by atoms with E-state index in [0.29, 0.717) is 16.9 Å². The van der Waals surface area contributed by atoms with E-state index in [9.17, 15) is 9.50 Å². The van der Waals surface area contributed by atoms with Crippen molar-refractivity contribution >= 4 is 17.6 Å². The standard InChI is InChI=1S/C12H17FN2O2S/c1-7(16)8(2)18-6-10-4-3-9(5-11(10)13)12(14)15-17/h3-5,7-8,16-17H,6H2,1-2H3,(H2,14,15). The molecule has 18 heavy (non-hydrogen) atoms. The highest BCUT2D eigenvalue weighted by molar-refractivity contribution is 7.99. The SMILES string of the molecule is CC(O)C(C)SCc1ccc(/C(N)=N/O)cc1F. The molecule has 0 aliphatic carbocycles. The number of nitrogens with two attached hydrogens (primary N) is 1. The van der Waals surface area contributed by atoms with Crippen molar-refractivity contribution in [2.24, 2.45) is 10.9 Å². The highest BCUT2D eigenvalue weighted by Crippen LogP contribution is 2.22. The summed E-state index contributed by atoms with van der Waals surface area (Å²) in [6.07, 6.45) is -0.436. The van der Waals surface area contributed by atoms with Gasteiger partial charge in [-0.15, -0.1) is 0 Å². The summed E-state index contributed by atoms with van der Waals surface area (Å²) in [5.41, 5.74) is 6.24. The van der Waals surface area contributed by atoms with E-state index in [4.69, 9.17) is 10.9 Å². The van der Waals surface area contributed by atoms with Crippen LogP contribution in [0.5, 0.6) is 0 Å². The zero-order valence-electron chi connectivity index (χ0n) is 10.3. The summed E-state index contributed by atoms with van der Waals surface area (Å²) < 4.78 is 13.7. The minimum atomic E-state index is -0.436. The van der Waals surface area contributed by atoms with Crippen LogP contribution in [0.25, 0.3) is 0 Å². The Morgan fingerprint density at radius 1 is 1.50 bits per heavy atom. The van der Waals surface area contributed by atoms with Crippen LogP contribution in [0, 0.1) is 5.82 Å². The first-order valence-corrected chi connectivity index (χ1v) is 6.56. The zero-order chi connectivity index (χ0) is 13.7. The van der Waals surface area contributed by atoms with Crippen LogP contribution >= 0.6 is 11.8 Å². The number of amidine groups is 1. The third kappa shape index (κ3) is 3.89. The fraction of sp³-hybridized carbons (Fsp3) is 0.417. The topological polar surface area (TPSA) is 78.8 Å². The normalized spacial score (nSPS) is 15.4. The predicted octanol–water partition coefficient (Wildman–Crippen LogP) is 1.92.